The minimum Gasteiger partial charge on any atom is -0.329 e. The molecule has 2 fully saturated rings. The summed E-state index contributed by atoms with van der Waals surface area (Å²) in [5.41, 5.74) is 1.08. The van der Waals surface area contributed by atoms with Gasteiger partial charge >= 0.3 is 6.03 Å². The van der Waals surface area contributed by atoms with Crippen molar-refractivity contribution < 1.29 is 4.79 Å². The second kappa shape index (κ2) is 4.94. The topological polar surface area (TPSA) is 57.3 Å². The van der Waals surface area contributed by atoms with E-state index in [9.17, 15) is 4.79 Å². The van der Waals surface area contributed by atoms with Crippen molar-refractivity contribution in [2.75, 3.05) is 19.6 Å². The number of nitrogens with one attached hydrogen (secondary N) is 2. The van der Waals surface area contributed by atoms with Crippen LogP contribution in [0.2, 0.25) is 0 Å². The first-order valence-corrected chi connectivity index (χ1v) is 6.51. The highest BCUT2D eigenvalue weighted by Crippen LogP contribution is 2.20. The van der Waals surface area contributed by atoms with Crippen molar-refractivity contribution in [3.05, 3.63) is 30.1 Å². The highest BCUT2D eigenvalue weighted by Gasteiger charge is 2.31. The molecular formula is C13H18N4O. The van der Waals surface area contributed by atoms with Gasteiger partial charge in [0, 0.05) is 31.5 Å². The van der Waals surface area contributed by atoms with Gasteiger partial charge in [0.15, 0.2) is 0 Å². The lowest BCUT2D eigenvalue weighted by Crippen LogP contribution is -2.39. The largest absolute Gasteiger partial charge is 0.329 e. The summed E-state index contributed by atoms with van der Waals surface area (Å²) in [5, 5.41) is 6.44. The Morgan fingerprint density at radius 2 is 2.44 bits per heavy atom. The zero-order valence-corrected chi connectivity index (χ0v) is 10.3. The summed E-state index contributed by atoms with van der Waals surface area (Å²) in [7, 11) is 0. The molecule has 2 aliphatic rings. The van der Waals surface area contributed by atoms with E-state index in [1.165, 1.54) is 12.8 Å². The quantitative estimate of drug-likeness (QED) is 0.833. The molecule has 2 aliphatic heterocycles. The molecule has 0 radical (unpaired) electrons. The van der Waals surface area contributed by atoms with E-state index in [4.69, 9.17) is 0 Å². The third-order valence-electron chi connectivity index (χ3n) is 3.68. The van der Waals surface area contributed by atoms with Crippen molar-refractivity contribution in [1.82, 2.24) is 20.5 Å². The van der Waals surface area contributed by atoms with Crippen LogP contribution in [-0.2, 0) is 0 Å². The smallest absolute Gasteiger partial charge is 0.318 e. The molecule has 96 valence electrons. The van der Waals surface area contributed by atoms with Crippen molar-refractivity contribution in [3.63, 3.8) is 0 Å². The van der Waals surface area contributed by atoms with Gasteiger partial charge in [-0.05, 0) is 31.0 Å². The molecular weight excluding hydrogens is 228 g/mol. The van der Waals surface area contributed by atoms with Crippen molar-refractivity contribution in [2.45, 2.75) is 24.9 Å². The van der Waals surface area contributed by atoms with Gasteiger partial charge in [-0.2, -0.15) is 0 Å². The van der Waals surface area contributed by atoms with Gasteiger partial charge in [0.2, 0.25) is 0 Å². The first kappa shape index (κ1) is 11.5. The molecule has 2 N–H and O–H groups in total. The number of rotatable bonds is 3. The molecule has 2 saturated heterocycles. The number of hydrogen-bond donors (Lipinski definition) is 2. The van der Waals surface area contributed by atoms with Crippen molar-refractivity contribution in [2.24, 2.45) is 0 Å². The molecule has 0 bridgehead atoms. The lowest BCUT2D eigenvalue weighted by Gasteiger charge is -2.19. The molecule has 5 heteroatoms. The van der Waals surface area contributed by atoms with Crippen LogP contribution in [-0.4, -0.2) is 41.6 Å². The van der Waals surface area contributed by atoms with Crippen LogP contribution in [0.4, 0.5) is 4.79 Å². The molecule has 2 atom stereocenters. The number of urea groups is 1. The van der Waals surface area contributed by atoms with E-state index in [-0.39, 0.29) is 12.1 Å². The summed E-state index contributed by atoms with van der Waals surface area (Å²) in [4.78, 5) is 17.9. The van der Waals surface area contributed by atoms with E-state index < -0.39 is 0 Å². The van der Waals surface area contributed by atoms with Crippen LogP contribution in [0.15, 0.2) is 24.5 Å². The normalized spacial score (nSPS) is 27.6. The second-order valence-electron chi connectivity index (χ2n) is 4.99. The van der Waals surface area contributed by atoms with Crippen LogP contribution in [0.3, 0.4) is 0 Å². The van der Waals surface area contributed by atoms with Crippen molar-refractivity contribution in [3.8, 4) is 0 Å². The summed E-state index contributed by atoms with van der Waals surface area (Å²) >= 11 is 0. The molecule has 3 heterocycles. The minimum absolute atomic E-state index is 0.0394. The van der Waals surface area contributed by atoms with E-state index in [2.05, 4.69) is 15.6 Å². The van der Waals surface area contributed by atoms with Crippen molar-refractivity contribution in [1.29, 1.82) is 0 Å². The van der Waals surface area contributed by atoms with E-state index in [0.717, 1.165) is 25.2 Å². The molecule has 0 aromatic carbocycles. The Bertz CT molecular complexity index is 416. The van der Waals surface area contributed by atoms with E-state index >= 15 is 0 Å². The zero-order chi connectivity index (χ0) is 12.4. The van der Waals surface area contributed by atoms with Gasteiger partial charge < -0.3 is 15.5 Å². The molecule has 2 amide bonds. The lowest BCUT2D eigenvalue weighted by atomic mass is 10.1. The maximum Gasteiger partial charge on any atom is 0.318 e. The summed E-state index contributed by atoms with van der Waals surface area (Å²) in [6.07, 6.45) is 5.95. The highest BCUT2D eigenvalue weighted by atomic mass is 16.2. The summed E-state index contributed by atoms with van der Waals surface area (Å²) in [5.74, 6) is 0. The molecule has 0 aliphatic carbocycles. The molecule has 0 spiro atoms. The van der Waals surface area contributed by atoms with E-state index in [0.29, 0.717) is 6.04 Å². The zero-order valence-electron chi connectivity index (χ0n) is 10.3. The van der Waals surface area contributed by atoms with Crippen LogP contribution < -0.4 is 10.6 Å². The molecule has 5 nitrogen and oxygen atoms in total. The van der Waals surface area contributed by atoms with Crippen LogP contribution in [0, 0.1) is 0 Å². The number of hydrogen-bond acceptors (Lipinski definition) is 3. The average Bonchev–Trinajstić information content (AvgIpc) is 3.02. The summed E-state index contributed by atoms with van der Waals surface area (Å²) in [6, 6.07) is 4.49. The standard InChI is InChI=1S/C13H18N4O/c18-13-16-12(10-3-1-5-14-7-10)9-17(13)8-11-4-2-6-15-11/h1,3,5,7,11-12,15H,2,4,6,8-9H2,(H,16,18). The molecule has 1 aromatic heterocycles. The number of amides is 2. The van der Waals surface area contributed by atoms with Crippen LogP contribution in [0.1, 0.15) is 24.4 Å². The summed E-state index contributed by atoms with van der Waals surface area (Å²) in [6.45, 7) is 2.62. The van der Waals surface area contributed by atoms with E-state index in [1.807, 2.05) is 23.2 Å². The van der Waals surface area contributed by atoms with Crippen molar-refractivity contribution >= 4 is 6.03 Å². The van der Waals surface area contributed by atoms with Crippen LogP contribution >= 0.6 is 0 Å². The lowest BCUT2D eigenvalue weighted by molar-refractivity contribution is 0.213. The summed E-state index contributed by atoms with van der Waals surface area (Å²) < 4.78 is 0. The minimum atomic E-state index is 0.0394. The second-order valence-corrected chi connectivity index (χ2v) is 4.99. The average molecular weight is 246 g/mol. The molecule has 18 heavy (non-hydrogen) atoms. The number of carbonyl (C=O) groups is 1. The third kappa shape index (κ3) is 2.31. The molecule has 0 saturated carbocycles. The van der Waals surface area contributed by atoms with Gasteiger partial charge in [0.25, 0.3) is 0 Å². The number of pyridine rings is 1. The van der Waals surface area contributed by atoms with Gasteiger partial charge in [-0.3, -0.25) is 4.98 Å². The fraction of sp³-hybridized carbons (Fsp3) is 0.538. The maximum absolute atomic E-state index is 11.9. The predicted molar refractivity (Wildman–Crippen MR) is 68.1 cm³/mol. The predicted octanol–water partition coefficient (Wildman–Crippen LogP) is 0.900. The Hall–Kier alpha value is -1.62. The molecule has 3 rings (SSSR count). The van der Waals surface area contributed by atoms with Gasteiger partial charge in [-0.25, -0.2) is 4.79 Å². The van der Waals surface area contributed by atoms with Gasteiger partial charge in [-0.1, -0.05) is 6.07 Å². The Labute approximate surface area is 107 Å². The fourth-order valence-electron chi connectivity index (χ4n) is 2.70. The Morgan fingerprint density at radius 1 is 1.50 bits per heavy atom. The first-order valence-electron chi connectivity index (χ1n) is 6.51. The third-order valence-corrected chi connectivity index (χ3v) is 3.68. The van der Waals surface area contributed by atoms with Crippen LogP contribution in [0.25, 0.3) is 0 Å². The van der Waals surface area contributed by atoms with Crippen LogP contribution in [0.5, 0.6) is 0 Å². The van der Waals surface area contributed by atoms with Gasteiger partial charge in [0.1, 0.15) is 0 Å². The monoisotopic (exact) mass is 246 g/mol. The number of aromatic nitrogens is 1. The molecule has 2 unspecified atom stereocenters. The Morgan fingerprint density at radius 3 is 3.17 bits per heavy atom. The Balaban J connectivity index is 1.63. The maximum atomic E-state index is 11.9. The van der Waals surface area contributed by atoms with E-state index in [1.54, 1.807) is 6.20 Å². The number of carbonyl (C=O) groups excluding carboxylic acids is 1. The Kier molecular flexibility index (Phi) is 3.15. The fourth-order valence-corrected chi connectivity index (χ4v) is 2.70. The van der Waals surface area contributed by atoms with Gasteiger partial charge in [0.05, 0.1) is 6.04 Å². The SMILES string of the molecule is O=C1NC(c2cccnc2)CN1CC1CCCN1. The first-order chi connectivity index (χ1) is 8.83. The number of nitrogens with zero attached hydrogens (tertiary/aromatic N) is 2. The van der Waals surface area contributed by atoms with Gasteiger partial charge in [-0.15, -0.1) is 0 Å². The highest BCUT2D eigenvalue weighted by molar-refractivity contribution is 5.77. The molecule has 1 aromatic rings.